The second-order valence-electron chi connectivity index (χ2n) is 5.22. The predicted octanol–water partition coefficient (Wildman–Crippen LogP) is 0.945. The number of methoxy groups -OCH3 is 1. The third kappa shape index (κ3) is 3.09. The van der Waals surface area contributed by atoms with Crippen molar-refractivity contribution in [1.82, 2.24) is 15.0 Å². The Labute approximate surface area is 139 Å². The van der Waals surface area contributed by atoms with Gasteiger partial charge in [-0.2, -0.15) is 13.2 Å². The molecule has 25 heavy (non-hydrogen) atoms. The van der Waals surface area contributed by atoms with Crippen LogP contribution in [0.3, 0.4) is 0 Å². The summed E-state index contributed by atoms with van der Waals surface area (Å²) in [5, 5.41) is 0.370. The zero-order valence-electron chi connectivity index (χ0n) is 13.3. The van der Waals surface area contributed by atoms with Gasteiger partial charge in [0.05, 0.1) is 7.11 Å². The Morgan fingerprint density at radius 1 is 1.32 bits per heavy atom. The Morgan fingerprint density at radius 3 is 2.36 bits per heavy atom. The first-order valence-corrected chi connectivity index (χ1v) is 6.87. The standard InChI is InChI=1S/C14H13F3N4O4/c1-5(8-6(2)11(22)21(18)12(8)23)10-19-4-7(13(24)25-3)9(20-10)14(15,16)17/h4-5H,18H2,1-3H3. The molecule has 0 saturated carbocycles. The third-order valence-corrected chi connectivity index (χ3v) is 3.69. The van der Waals surface area contributed by atoms with Gasteiger partial charge in [0.1, 0.15) is 11.4 Å². The van der Waals surface area contributed by atoms with Gasteiger partial charge in [-0.25, -0.2) is 25.6 Å². The molecule has 2 rings (SSSR count). The molecule has 0 aromatic carbocycles. The third-order valence-electron chi connectivity index (χ3n) is 3.69. The van der Waals surface area contributed by atoms with Gasteiger partial charge in [0.15, 0.2) is 5.69 Å². The average molecular weight is 358 g/mol. The number of halogens is 3. The summed E-state index contributed by atoms with van der Waals surface area (Å²) in [5.74, 6) is 1.04. The van der Waals surface area contributed by atoms with E-state index in [0.29, 0.717) is 11.2 Å². The maximum absolute atomic E-state index is 13.2. The smallest absolute Gasteiger partial charge is 0.434 e. The second kappa shape index (κ2) is 6.24. The van der Waals surface area contributed by atoms with Gasteiger partial charge in [0.25, 0.3) is 11.8 Å². The number of carbonyl (C=O) groups excluding carboxylic acids is 3. The van der Waals surface area contributed by atoms with Crippen molar-refractivity contribution in [2.45, 2.75) is 25.9 Å². The summed E-state index contributed by atoms with van der Waals surface area (Å²) < 4.78 is 43.8. The lowest BCUT2D eigenvalue weighted by Gasteiger charge is -2.15. The highest BCUT2D eigenvalue weighted by Crippen LogP contribution is 2.34. The predicted molar refractivity (Wildman–Crippen MR) is 75.5 cm³/mol. The lowest BCUT2D eigenvalue weighted by Crippen LogP contribution is -2.38. The number of nitrogens with zero attached hydrogens (tertiary/aromatic N) is 3. The van der Waals surface area contributed by atoms with E-state index in [9.17, 15) is 27.6 Å². The molecule has 8 nitrogen and oxygen atoms in total. The van der Waals surface area contributed by atoms with Crippen molar-refractivity contribution < 1.29 is 32.3 Å². The van der Waals surface area contributed by atoms with Crippen LogP contribution in [0.5, 0.6) is 0 Å². The van der Waals surface area contributed by atoms with E-state index < -0.39 is 41.1 Å². The summed E-state index contributed by atoms with van der Waals surface area (Å²) in [6, 6.07) is 0. The van der Waals surface area contributed by atoms with Crippen molar-refractivity contribution in [3.63, 3.8) is 0 Å². The van der Waals surface area contributed by atoms with E-state index >= 15 is 0 Å². The minimum absolute atomic E-state index is 0.00537. The minimum atomic E-state index is -4.94. The molecule has 1 aliphatic rings. The molecule has 1 unspecified atom stereocenters. The molecule has 0 radical (unpaired) electrons. The molecule has 1 aliphatic heterocycles. The molecule has 134 valence electrons. The van der Waals surface area contributed by atoms with Gasteiger partial charge in [-0.15, -0.1) is 0 Å². The lowest BCUT2D eigenvalue weighted by molar-refractivity contribution is -0.142. The van der Waals surface area contributed by atoms with Crippen LogP contribution in [0.4, 0.5) is 13.2 Å². The fourth-order valence-electron chi connectivity index (χ4n) is 2.40. The van der Waals surface area contributed by atoms with E-state index in [2.05, 4.69) is 14.7 Å². The molecule has 0 aliphatic carbocycles. The number of hydrazine groups is 1. The van der Waals surface area contributed by atoms with Gasteiger partial charge in [0, 0.05) is 23.3 Å². The molecule has 2 heterocycles. The molecule has 1 atom stereocenters. The van der Waals surface area contributed by atoms with Crippen LogP contribution in [-0.2, 0) is 20.5 Å². The molecule has 2 N–H and O–H groups in total. The lowest BCUT2D eigenvalue weighted by atomic mass is 9.96. The average Bonchev–Trinajstić information content (AvgIpc) is 2.75. The second-order valence-corrected chi connectivity index (χ2v) is 5.22. The van der Waals surface area contributed by atoms with Crippen molar-refractivity contribution in [2.24, 2.45) is 5.84 Å². The van der Waals surface area contributed by atoms with E-state index in [1.807, 2.05) is 0 Å². The number of aromatic nitrogens is 2. The van der Waals surface area contributed by atoms with Crippen LogP contribution in [0.2, 0.25) is 0 Å². The maximum Gasteiger partial charge on any atom is 0.434 e. The number of alkyl halides is 3. The molecule has 0 saturated heterocycles. The molecule has 1 aromatic heterocycles. The van der Waals surface area contributed by atoms with E-state index in [-0.39, 0.29) is 17.0 Å². The summed E-state index contributed by atoms with van der Waals surface area (Å²) in [7, 11) is 0.922. The molecule has 0 fully saturated rings. The quantitative estimate of drug-likeness (QED) is 0.370. The first-order chi connectivity index (χ1) is 11.5. The van der Waals surface area contributed by atoms with Crippen LogP contribution < -0.4 is 5.84 Å². The summed E-state index contributed by atoms with van der Waals surface area (Å²) >= 11 is 0. The fraction of sp³-hybridized carbons (Fsp3) is 0.357. The monoisotopic (exact) mass is 358 g/mol. The van der Waals surface area contributed by atoms with E-state index in [1.165, 1.54) is 13.8 Å². The molecule has 0 bridgehead atoms. The Kier molecular flexibility index (Phi) is 4.62. The Morgan fingerprint density at radius 2 is 1.92 bits per heavy atom. The number of esters is 1. The van der Waals surface area contributed by atoms with Crippen LogP contribution in [0, 0.1) is 0 Å². The number of carbonyl (C=O) groups is 3. The van der Waals surface area contributed by atoms with Crippen molar-refractivity contribution in [2.75, 3.05) is 7.11 Å². The van der Waals surface area contributed by atoms with Crippen molar-refractivity contribution in [1.29, 1.82) is 0 Å². The molecular formula is C14H13F3N4O4. The summed E-state index contributed by atoms with van der Waals surface area (Å²) in [4.78, 5) is 42.3. The highest BCUT2D eigenvalue weighted by Gasteiger charge is 2.41. The zero-order chi connectivity index (χ0) is 19.1. The maximum atomic E-state index is 13.2. The largest absolute Gasteiger partial charge is 0.465 e. The Balaban J connectivity index is 2.56. The summed E-state index contributed by atoms with van der Waals surface area (Å²) in [6.07, 6.45) is -4.27. The zero-order valence-corrected chi connectivity index (χ0v) is 13.3. The highest BCUT2D eigenvalue weighted by molar-refractivity contribution is 6.19. The van der Waals surface area contributed by atoms with Gasteiger partial charge >= 0.3 is 12.1 Å². The van der Waals surface area contributed by atoms with E-state index in [1.54, 1.807) is 0 Å². The molecular weight excluding hydrogens is 345 g/mol. The number of nitrogens with two attached hydrogens (primary N) is 1. The topological polar surface area (TPSA) is 115 Å². The van der Waals surface area contributed by atoms with Gasteiger partial charge in [0.2, 0.25) is 0 Å². The summed E-state index contributed by atoms with van der Waals surface area (Å²) in [6.45, 7) is 2.68. The molecule has 2 amide bonds. The Hall–Kier alpha value is -2.82. The first-order valence-electron chi connectivity index (χ1n) is 6.87. The van der Waals surface area contributed by atoms with Gasteiger partial charge in [-0.05, 0) is 6.92 Å². The normalized spacial score (nSPS) is 16.5. The van der Waals surface area contributed by atoms with Crippen LogP contribution in [-0.4, -0.2) is 39.9 Å². The van der Waals surface area contributed by atoms with Crippen molar-refractivity contribution >= 4 is 17.8 Å². The number of hydrogen-bond acceptors (Lipinski definition) is 7. The minimum Gasteiger partial charge on any atom is -0.465 e. The van der Waals surface area contributed by atoms with Crippen LogP contribution in [0.25, 0.3) is 0 Å². The van der Waals surface area contributed by atoms with Gasteiger partial charge < -0.3 is 4.74 Å². The first kappa shape index (κ1) is 18.5. The molecule has 0 spiro atoms. The molecule has 11 heteroatoms. The van der Waals surface area contributed by atoms with E-state index in [4.69, 9.17) is 5.84 Å². The number of rotatable bonds is 3. The van der Waals surface area contributed by atoms with Gasteiger partial charge in [-0.3, -0.25) is 9.59 Å². The number of imide groups is 1. The van der Waals surface area contributed by atoms with Gasteiger partial charge in [-0.1, -0.05) is 6.92 Å². The summed E-state index contributed by atoms with van der Waals surface area (Å²) in [5.41, 5.74) is -2.46. The number of hydrogen-bond donors (Lipinski definition) is 1. The molecule has 1 aromatic rings. The number of amides is 2. The Bertz CT molecular complexity index is 804. The van der Waals surface area contributed by atoms with Crippen molar-refractivity contribution in [3.8, 4) is 0 Å². The van der Waals surface area contributed by atoms with Crippen LogP contribution in [0.15, 0.2) is 17.3 Å². The highest BCUT2D eigenvalue weighted by atomic mass is 19.4. The fourth-order valence-corrected chi connectivity index (χ4v) is 2.40. The van der Waals surface area contributed by atoms with Crippen molar-refractivity contribution in [3.05, 3.63) is 34.4 Å². The van der Waals surface area contributed by atoms with E-state index in [0.717, 1.165) is 7.11 Å². The number of ether oxygens (including phenoxy) is 1. The SMILES string of the molecule is COC(=O)c1cnc(C(C)C2=C(C)C(=O)N(N)C2=O)nc1C(F)(F)F. The van der Waals surface area contributed by atoms with Crippen LogP contribution >= 0.6 is 0 Å². The van der Waals surface area contributed by atoms with Crippen LogP contribution in [0.1, 0.15) is 41.6 Å².